The third kappa shape index (κ3) is 10.7. The molecule has 0 radical (unpaired) electrons. The Hall–Kier alpha value is -3.49. The lowest BCUT2D eigenvalue weighted by atomic mass is 9.76. The minimum Gasteiger partial charge on any atom is -0.496 e. The van der Waals surface area contributed by atoms with Crippen molar-refractivity contribution in [2.24, 2.45) is 5.41 Å². The van der Waals surface area contributed by atoms with Gasteiger partial charge in [-0.1, -0.05) is 55.5 Å². The van der Waals surface area contributed by atoms with Gasteiger partial charge in [0, 0.05) is 19.8 Å². The number of thioether (sulfide) groups is 1. The van der Waals surface area contributed by atoms with E-state index in [2.05, 4.69) is 71.9 Å². The molecule has 49 heavy (non-hydrogen) atoms. The predicted octanol–water partition coefficient (Wildman–Crippen LogP) is 7.82. The van der Waals surface area contributed by atoms with Gasteiger partial charge in [-0.15, -0.1) is 11.8 Å². The van der Waals surface area contributed by atoms with Crippen molar-refractivity contribution in [1.29, 1.82) is 0 Å². The van der Waals surface area contributed by atoms with Gasteiger partial charge in [0.05, 0.1) is 20.8 Å². The fourth-order valence-corrected chi connectivity index (χ4v) is 6.11. The van der Waals surface area contributed by atoms with E-state index < -0.39 is 67.5 Å². The first kappa shape index (κ1) is 41.7. The van der Waals surface area contributed by atoms with Gasteiger partial charge in [0.25, 0.3) is 0 Å². The van der Waals surface area contributed by atoms with Gasteiger partial charge in [0.1, 0.15) is 11.2 Å². The fourth-order valence-electron chi connectivity index (χ4n) is 5.60. The lowest BCUT2D eigenvalue weighted by Gasteiger charge is -2.42. The molecule has 1 amide bonds. The molecule has 1 fully saturated rings. The Labute approximate surface area is 287 Å². The van der Waals surface area contributed by atoms with Crippen molar-refractivity contribution in [3.05, 3.63) is 65.7 Å². The van der Waals surface area contributed by atoms with E-state index in [0.29, 0.717) is 0 Å². The van der Waals surface area contributed by atoms with Crippen LogP contribution in [0.4, 0.5) is 26.3 Å². The molecule has 0 saturated carbocycles. The van der Waals surface area contributed by atoms with E-state index in [-0.39, 0.29) is 0 Å². The number of carbonyl (C=O) groups is 2. The summed E-state index contributed by atoms with van der Waals surface area (Å²) in [4.78, 5) is 24.5. The highest BCUT2D eigenvalue weighted by molar-refractivity contribution is 7.99. The van der Waals surface area contributed by atoms with Crippen molar-refractivity contribution in [3.63, 3.8) is 0 Å². The maximum atomic E-state index is 13.5. The number of ether oxygens (including phenoxy) is 3. The van der Waals surface area contributed by atoms with Crippen LogP contribution in [0.5, 0.6) is 5.75 Å². The molecule has 1 heterocycles. The van der Waals surface area contributed by atoms with Gasteiger partial charge < -0.3 is 19.5 Å². The molecule has 14 heteroatoms. The number of nitrogens with zero attached hydrogens (tertiary/aromatic N) is 1. The molecule has 1 aliphatic heterocycles. The second-order valence-corrected chi connectivity index (χ2v) is 12.3. The first-order chi connectivity index (χ1) is 23.0. The van der Waals surface area contributed by atoms with Crippen LogP contribution in [-0.2, 0) is 25.5 Å². The zero-order valence-electron chi connectivity index (χ0n) is 28.7. The predicted molar refractivity (Wildman–Crippen MR) is 181 cm³/mol. The van der Waals surface area contributed by atoms with E-state index in [1.54, 1.807) is 21.3 Å². The van der Waals surface area contributed by atoms with E-state index >= 15 is 0 Å². The summed E-state index contributed by atoms with van der Waals surface area (Å²) < 4.78 is 92.0. The van der Waals surface area contributed by atoms with E-state index in [4.69, 9.17) is 4.74 Å². The van der Waals surface area contributed by atoms with Crippen LogP contribution < -0.4 is 10.1 Å². The Morgan fingerprint density at radius 2 is 1.49 bits per heavy atom. The van der Waals surface area contributed by atoms with Crippen LogP contribution in [0, 0.1) is 12.3 Å². The first-order valence-corrected chi connectivity index (χ1v) is 16.6. The molecule has 1 unspecified atom stereocenters. The Kier molecular flexibility index (Phi) is 15.7. The molecule has 0 aromatic heterocycles. The Morgan fingerprint density at radius 1 is 0.918 bits per heavy atom. The third-order valence-electron chi connectivity index (χ3n) is 8.13. The van der Waals surface area contributed by atoms with Crippen LogP contribution in [0.15, 0.2) is 54.6 Å². The maximum Gasteiger partial charge on any atom is 0.403 e. The van der Waals surface area contributed by atoms with Crippen LogP contribution >= 0.6 is 11.8 Å². The molecule has 7 nitrogen and oxygen atoms in total. The number of alkyl halides is 6. The van der Waals surface area contributed by atoms with Gasteiger partial charge >= 0.3 is 18.3 Å². The molecule has 3 aromatic carbocycles. The minimum atomic E-state index is -4.96. The number of hydrogen-bond acceptors (Lipinski definition) is 7. The van der Waals surface area contributed by atoms with Crippen molar-refractivity contribution in [3.8, 4) is 16.9 Å². The van der Waals surface area contributed by atoms with Gasteiger partial charge in [-0.2, -0.15) is 26.3 Å². The van der Waals surface area contributed by atoms with Crippen LogP contribution in [0.2, 0.25) is 0 Å². The number of esters is 1. The molecule has 4 rings (SSSR count). The Morgan fingerprint density at radius 3 is 2.00 bits per heavy atom. The van der Waals surface area contributed by atoms with Crippen molar-refractivity contribution in [2.45, 2.75) is 50.8 Å². The summed E-state index contributed by atoms with van der Waals surface area (Å²) in [6, 6.07) is 19.3. The van der Waals surface area contributed by atoms with Gasteiger partial charge in [0.2, 0.25) is 5.91 Å². The molecule has 272 valence electrons. The quantitative estimate of drug-likeness (QED) is 0.145. The lowest BCUT2D eigenvalue weighted by Crippen LogP contribution is -2.58. The molecule has 3 aromatic rings. The Balaban J connectivity index is 0.000000318. The zero-order chi connectivity index (χ0) is 37.0. The number of likely N-dealkylation sites (tertiary alicyclic amines) is 1. The number of nitrogens with one attached hydrogen (secondary N) is 1. The summed E-state index contributed by atoms with van der Waals surface area (Å²) in [5, 5.41) is 3.25. The average Bonchev–Trinajstić information content (AvgIpc) is 3.06. The molecule has 1 aliphatic rings. The number of rotatable bonds is 8. The van der Waals surface area contributed by atoms with Gasteiger partial charge in [0.15, 0.2) is 5.37 Å². The average molecular weight is 719 g/mol. The van der Waals surface area contributed by atoms with E-state index in [1.807, 2.05) is 11.4 Å². The summed E-state index contributed by atoms with van der Waals surface area (Å²) in [6.45, 7) is 1.95. The number of amides is 1. The smallest absolute Gasteiger partial charge is 0.403 e. The van der Waals surface area contributed by atoms with E-state index in [0.717, 1.165) is 35.9 Å². The summed E-state index contributed by atoms with van der Waals surface area (Å²) in [5.41, 5.74) is 2.27. The highest BCUT2D eigenvalue weighted by Crippen LogP contribution is 2.47. The van der Waals surface area contributed by atoms with Crippen molar-refractivity contribution >= 4 is 34.4 Å². The molecular weight excluding hydrogens is 674 g/mol. The zero-order valence-corrected chi connectivity index (χ0v) is 29.5. The maximum absolute atomic E-state index is 13.5. The van der Waals surface area contributed by atoms with Gasteiger partial charge in [-0.3, -0.25) is 9.69 Å². The summed E-state index contributed by atoms with van der Waals surface area (Å²) in [6.07, 6.45) is -8.74. The van der Waals surface area contributed by atoms with Crippen LogP contribution in [-0.4, -0.2) is 88.8 Å². The van der Waals surface area contributed by atoms with Crippen LogP contribution in [0.25, 0.3) is 21.9 Å². The molecular formula is C35H44F6N2O5S. The van der Waals surface area contributed by atoms with Crippen molar-refractivity contribution < 1.29 is 50.1 Å². The monoisotopic (exact) mass is 718 g/mol. The SMILES string of the molecule is CCc1cccc(OC)c1-c1cccc2c(C)cccc12.COC.COC(=O)C(NC(=O)C1(C(F)(F)F)CCN(CC(F)(F)F)CC1)SC. The molecule has 1 atom stereocenters. The molecule has 1 N–H and O–H groups in total. The third-order valence-corrected chi connectivity index (χ3v) is 8.91. The summed E-state index contributed by atoms with van der Waals surface area (Å²) in [7, 11) is 6.02. The van der Waals surface area contributed by atoms with Crippen LogP contribution in [0.1, 0.15) is 30.9 Å². The highest BCUT2D eigenvalue weighted by Gasteiger charge is 2.61. The number of aryl methyl sites for hydroxylation is 2. The number of methoxy groups -OCH3 is 3. The van der Waals surface area contributed by atoms with Crippen molar-refractivity contribution in [1.82, 2.24) is 10.2 Å². The van der Waals surface area contributed by atoms with E-state index in [9.17, 15) is 35.9 Å². The largest absolute Gasteiger partial charge is 0.496 e. The number of halogens is 6. The van der Waals surface area contributed by atoms with E-state index in [1.165, 1.54) is 39.3 Å². The second-order valence-electron chi connectivity index (χ2n) is 11.3. The molecule has 0 aliphatic carbocycles. The number of piperidine rings is 1. The number of fused-ring (bicyclic) bond motifs is 1. The summed E-state index contributed by atoms with van der Waals surface area (Å²) in [5.74, 6) is -1.41. The molecule has 1 saturated heterocycles. The minimum absolute atomic E-state index is 0.533. The lowest BCUT2D eigenvalue weighted by molar-refractivity contribution is -0.236. The first-order valence-electron chi connectivity index (χ1n) is 15.4. The van der Waals surface area contributed by atoms with Gasteiger partial charge in [-0.25, -0.2) is 4.79 Å². The van der Waals surface area contributed by atoms with Crippen molar-refractivity contribution in [2.75, 3.05) is 54.3 Å². The normalized spacial score (nSPS) is 15.2. The standard InChI is InChI=1S/C20H20O.C13H18F6N2O3S.C2H6O/c1-4-15-9-6-13-19(21-3)20(15)18-12-7-10-16-14(2)8-5-11-17(16)18;1-24-9(22)8(25-2)20-10(23)11(13(17,18)19)3-5-21(6-4-11)7-12(14,15)16;1-3-2/h5-13H,4H2,1-3H3;8H,3-7H2,1-2H3,(H,20,23);1-2H3. The van der Waals surface area contributed by atoms with Gasteiger partial charge in [-0.05, 0) is 79.1 Å². The summed E-state index contributed by atoms with van der Waals surface area (Å²) >= 11 is 0.780. The topological polar surface area (TPSA) is 77.1 Å². The number of benzene rings is 3. The number of hydrogen-bond donors (Lipinski definition) is 1. The highest BCUT2D eigenvalue weighted by atomic mass is 32.2. The van der Waals surface area contributed by atoms with Crippen LogP contribution in [0.3, 0.4) is 0 Å². The molecule has 0 bridgehead atoms. The fraction of sp³-hybridized carbons (Fsp3) is 0.486. The Bertz CT molecular complexity index is 1500. The second kappa shape index (κ2) is 18.5. The number of carbonyl (C=O) groups excluding carboxylic acids is 2. The molecule has 0 spiro atoms.